The Bertz CT molecular complexity index is 170. The topological polar surface area (TPSA) is 38.0 Å². The summed E-state index contributed by atoms with van der Waals surface area (Å²) in [6.07, 6.45) is 4.02. The summed E-state index contributed by atoms with van der Waals surface area (Å²) in [5.41, 5.74) is 2.73. The van der Waals surface area contributed by atoms with Crippen LogP contribution in [0.25, 0.3) is 0 Å². The molecule has 0 aromatic carbocycles. The van der Waals surface area contributed by atoms with Crippen molar-refractivity contribution in [1.82, 2.24) is 5.43 Å². The van der Waals surface area contributed by atoms with Gasteiger partial charge in [-0.2, -0.15) is 0 Å². The third-order valence-electron chi connectivity index (χ3n) is 0.956. The Morgan fingerprint density at radius 1 is 1.70 bits per heavy atom. The lowest BCUT2D eigenvalue weighted by molar-refractivity contribution is 0.661. The first-order chi connectivity index (χ1) is 4.74. The molecule has 2 nitrogen and oxygen atoms in total. The molecule has 0 heterocycles. The summed E-state index contributed by atoms with van der Waals surface area (Å²) in [6.45, 7) is 5.01. The molecule has 0 aliphatic carbocycles. The van der Waals surface area contributed by atoms with Crippen molar-refractivity contribution < 1.29 is 4.39 Å². The van der Waals surface area contributed by atoms with Gasteiger partial charge < -0.3 is 5.43 Å². The molecule has 0 saturated carbocycles. The Kier molecular flexibility index (Phi) is 4.24. The maximum absolute atomic E-state index is 12.4. The standard InChI is InChI=1S/C7H11FN2/c1-3-6(8)5-7(4-2)10-9/h3-5,10H,2,9H2,1H3/b6-3+,7-5+. The van der Waals surface area contributed by atoms with Gasteiger partial charge in [-0.1, -0.05) is 12.7 Å². The number of rotatable bonds is 3. The molecule has 0 amide bonds. The number of allylic oxidation sites excluding steroid dienone is 4. The number of hydrazine groups is 1. The number of hydrogen-bond acceptors (Lipinski definition) is 2. The highest BCUT2D eigenvalue weighted by Crippen LogP contribution is 2.00. The molecule has 0 aliphatic heterocycles. The fraction of sp³-hybridized carbons (Fsp3) is 0.143. The summed E-state index contributed by atoms with van der Waals surface area (Å²) >= 11 is 0. The molecule has 0 radical (unpaired) electrons. The molecule has 0 atom stereocenters. The van der Waals surface area contributed by atoms with Gasteiger partial charge in [-0.25, -0.2) is 4.39 Å². The van der Waals surface area contributed by atoms with E-state index in [9.17, 15) is 4.39 Å². The monoisotopic (exact) mass is 142 g/mol. The highest BCUT2D eigenvalue weighted by atomic mass is 19.1. The summed E-state index contributed by atoms with van der Waals surface area (Å²) in [7, 11) is 0. The zero-order chi connectivity index (χ0) is 7.98. The van der Waals surface area contributed by atoms with E-state index in [2.05, 4.69) is 12.0 Å². The normalized spacial score (nSPS) is 13.1. The van der Waals surface area contributed by atoms with Gasteiger partial charge in [-0.15, -0.1) is 0 Å². The first kappa shape index (κ1) is 8.91. The second-order valence-electron chi connectivity index (χ2n) is 1.62. The zero-order valence-corrected chi connectivity index (χ0v) is 5.89. The molecule has 0 rings (SSSR count). The van der Waals surface area contributed by atoms with Crippen LogP contribution in [-0.2, 0) is 0 Å². The van der Waals surface area contributed by atoms with Crippen molar-refractivity contribution in [2.75, 3.05) is 0 Å². The summed E-state index contributed by atoms with van der Waals surface area (Å²) in [6, 6.07) is 0. The zero-order valence-electron chi connectivity index (χ0n) is 5.89. The molecule has 0 bridgehead atoms. The summed E-state index contributed by atoms with van der Waals surface area (Å²) < 4.78 is 12.4. The van der Waals surface area contributed by atoms with Gasteiger partial charge in [0.05, 0.1) is 5.70 Å². The molecule has 3 heteroatoms. The smallest absolute Gasteiger partial charge is 0.121 e. The Hall–Kier alpha value is -1.09. The first-order valence-electron chi connectivity index (χ1n) is 2.87. The Morgan fingerprint density at radius 2 is 2.30 bits per heavy atom. The van der Waals surface area contributed by atoms with Crippen LogP contribution in [0.5, 0.6) is 0 Å². The van der Waals surface area contributed by atoms with Crippen LogP contribution in [0.3, 0.4) is 0 Å². The number of halogens is 1. The minimum Gasteiger partial charge on any atom is -0.324 e. The van der Waals surface area contributed by atoms with Crippen LogP contribution >= 0.6 is 0 Å². The maximum Gasteiger partial charge on any atom is 0.121 e. The van der Waals surface area contributed by atoms with Crippen LogP contribution in [-0.4, -0.2) is 0 Å². The predicted molar refractivity (Wildman–Crippen MR) is 40.5 cm³/mol. The van der Waals surface area contributed by atoms with E-state index in [1.54, 1.807) is 6.92 Å². The van der Waals surface area contributed by atoms with Gasteiger partial charge in [-0.05, 0) is 19.1 Å². The molecule has 56 valence electrons. The van der Waals surface area contributed by atoms with Crippen molar-refractivity contribution in [3.8, 4) is 0 Å². The first-order valence-corrected chi connectivity index (χ1v) is 2.87. The van der Waals surface area contributed by atoms with Gasteiger partial charge in [-0.3, -0.25) is 5.84 Å². The van der Waals surface area contributed by atoms with Crippen LogP contribution in [0.4, 0.5) is 4.39 Å². The van der Waals surface area contributed by atoms with Crippen molar-refractivity contribution in [3.05, 3.63) is 36.3 Å². The summed E-state index contributed by atoms with van der Waals surface area (Å²) in [4.78, 5) is 0. The van der Waals surface area contributed by atoms with Crippen LogP contribution in [0, 0.1) is 0 Å². The summed E-state index contributed by atoms with van der Waals surface area (Å²) in [5, 5.41) is 0. The number of nitrogens with two attached hydrogens (primary N) is 1. The molecule has 0 aliphatic rings. The lowest BCUT2D eigenvalue weighted by atomic mass is 10.3. The van der Waals surface area contributed by atoms with E-state index < -0.39 is 0 Å². The third kappa shape index (κ3) is 3.04. The fourth-order valence-electron chi connectivity index (χ4n) is 0.391. The van der Waals surface area contributed by atoms with Crippen LogP contribution in [0.1, 0.15) is 6.92 Å². The second-order valence-corrected chi connectivity index (χ2v) is 1.62. The lowest BCUT2D eigenvalue weighted by Gasteiger charge is -1.96. The minimum atomic E-state index is -0.340. The molecule has 0 aromatic rings. The van der Waals surface area contributed by atoms with E-state index in [4.69, 9.17) is 5.84 Å². The van der Waals surface area contributed by atoms with E-state index >= 15 is 0 Å². The van der Waals surface area contributed by atoms with Gasteiger partial charge in [0.1, 0.15) is 5.83 Å². The highest BCUT2D eigenvalue weighted by molar-refractivity contribution is 5.22. The highest BCUT2D eigenvalue weighted by Gasteiger charge is 1.88. The Balaban J connectivity index is 4.24. The average Bonchev–Trinajstić information content (AvgIpc) is 1.99. The quantitative estimate of drug-likeness (QED) is 0.355. The molecular formula is C7H11FN2. The molecule has 0 spiro atoms. The van der Waals surface area contributed by atoms with Gasteiger partial charge >= 0.3 is 0 Å². The second kappa shape index (κ2) is 4.76. The van der Waals surface area contributed by atoms with Gasteiger partial charge in [0.15, 0.2) is 0 Å². The van der Waals surface area contributed by atoms with E-state index in [-0.39, 0.29) is 5.83 Å². The largest absolute Gasteiger partial charge is 0.324 e. The Morgan fingerprint density at radius 3 is 2.60 bits per heavy atom. The SMILES string of the molecule is C=C/C(=C\C(F)=C/C)NN. The number of nitrogens with one attached hydrogen (secondary N) is 1. The minimum absolute atomic E-state index is 0.340. The molecular weight excluding hydrogens is 131 g/mol. The number of hydrogen-bond donors (Lipinski definition) is 2. The van der Waals surface area contributed by atoms with Crippen molar-refractivity contribution in [2.45, 2.75) is 6.92 Å². The van der Waals surface area contributed by atoms with Crippen molar-refractivity contribution in [3.63, 3.8) is 0 Å². The van der Waals surface area contributed by atoms with Crippen LogP contribution < -0.4 is 11.3 Å². The Labute approximate surface area is 59.9 Å². The van der Waals surface area contributed by atoms with E-state index in [0.717, 1.165) is 0 Å². The van der Waals surface area contributed by atoms with Gasteiger partial charge in [0.2, 0.25) is 0 Å². The van der Waals surface area contributed by atoms with E-state index in [0.29, 0.717) is 5.70 Å². The van der Waals surface area contributed by atoms with E-state index in [1.807, 2.05) is 0 Å². The lowest BCUT2D eigenvalue weighted by Crippen LogP contribution is -2.19. The molecule has 10 heavy (non-hydrogen) atoms. The molecule has 0 unspecified atom stereocenters. The molecule has 3 N–H and O–H groups in total. The maximum atomic E-state index is 12.4. The summed E-state index contributed by atoms with van der Waals surface area (Å²) in [5.74, 6) is 4.66. The van der Waals surface area contributed by atoms with Gasteiger partial charge in [0.25, 0.3) is 0 Å². The predicted octanol–water partition coefficient (Wildman–Crippen LogP) is 1.39. The molecule has 0 aromatic heterocycles. The average molecular weight is 142 g/mol. The van der Waals surface area contributed by atoms with Crippen LogP contribution in [0.15, 0.2) is 36.3 Å². The van der Waals surface area contributed by atoms with Gasteiger partial charge in [0, 0.05) is 0 Å². The fourth-order valence-corrected chi connectivity index (χ4v) is 0.391. The van der Waals surface area contributed by atoms with Crippen LogP contribution in [0.2, 0.25) is 0 Å². The van der Waals surface area contributed by atoms with Crippen molar-refractivity contribution in [1.29, 1.82) is 0 Å². The third-order valence-corrected chi connectivity index (χ3v) is 0.956. The molecule has 0 fully saturated rings. The van der Waals surface area contributed by atoms with E-state index in [1.165, 1.54) is 18.2 Å². The van der Waals surface area contributed by atoms with Crippen molar-refractivity contribution in [2.24, 2.45) is 5.84 Å². The molecule has 0 saturated heterocycles. The van der Waals surface area contributed by atoms with Crippen molar-refractivity contribution >= 4 is 0 Å².